The normalized spacial score (nSPS) is 14.8. The molecule has 0 radical (unpaired) electrons. The molecule has 2 aromatic rings. The highest BCUT2D eigenvalue weighted by atomic mass is 16.4. The van der Waals surface area contributed by atoms with Gasteiger partial charge in [0.2, 0.25) is 0 Å². The highest BCUT2D eigenvalue weighted by Crippen LogP contribution is 2.20. The molecule has 0 fully saturated rings. The molecule has 0 bridgehead atoms. The van der Waals surface area contributed by atoms with Crippen LogP contribution in [0.1, 0.15) is 33.6 Å². The smallest absolute Gasteiger partial charge is 0.295 e. The summed E-state index contributed by atoms with van der Waals surface area (Å²) in [5, 5.41) is 13.3. The highest BCUT2D eigenvalue weighted by molar-refractivity contribution is 5.74. The average molecular weight is 262 g/mol. The van der Waals surface area contributed by atoms with Crippen molar-refractivity contribution in [2.75, 3.05) is 11.9 Å². The number of hydrogen-bond donors (Lipinski definition) is 2. The third-order valence-electron chi connectivity index (χ3n) is 3.17. The summed E-state index contributed by atoms with van der Waals surface area (Å²) in [7, 11) is 0. The summed E-state index contributed by atoms with van der Waals surface area (Å²) < 4.78 is 5.56. The van der Waals surface area contributed by atoms with Crippen molar-refractivity contribution >= 4 is 17.1 Å². The van der Waals surface area contributed by atoms with Gasteiger partial charge in [-0.3, -0.25) is 0 Å². The summed E-state index contributed by atoms with van der Waals surface area (Å²) in [6.07, 6.45) is 1.76. The lowest BCUT2D eigenvalue weighted by Crippen LogP contribution is -2.33. The molecule has 104 valence electrons. The van der Waals surface area contributed by atoms with E-state index in [4.69, 9.17) is 4.42 Å². The van der Waals surface area contributed by atoms with E-state index in [0.717, 1.165) is 23.9 Å². The number of aromatic nitrogens is 1. The first-order valence-electron chi connectivity index (χ1n) is 6.78. The molecule has 2 rings (SSSR count). The minimum atomic E-state index is -0.745. The molecule has 0 aliphatic heterocycles. The molecule has 0 spiro atoms. The van der Waals surface area contributed by atoms with Crippen LogP contribution in [0.25, 0.3) is 11.1 Å². The number of aliphatic hydroxyl groups is 1. The standard InChI is InChI=1S/C15H22N2O2/c1-11(2)8-9-15(3,18)10-16-14-17-12-6-4-5-7-13(12)19-14/h4-7,11,18H,8-10H2,1-3H3,(H,16,17). The van der Waals surface area contributed by atoms with E-state index in [0.29, 0.717) is 18.5 Å². The number of benzene rings is 1. The molecule has 1 aromatic heterocycles. The second-order valence-corrected chi connectivity index (χ2v) is 5.77. The average Bonchev–Trinajstić information content (AvgIpc) is 2.77. The zero-order chi connectivity index (χ0) is 13.9. The molecule has 1 aromatic carbocycles. The van der Waals surface area contributed by atoms with E-state index in [1.807, 2.05) is 31.2 Å². The zero-order valence-electron chi connectivity index (χ0n) is 11.8. The Kier molecular flexibility index (Phi) is 4.10. The maximum absolute atomic E-state index is 10.3. The van der Waals surface area contributed by atoms with Crippen LogP contribution >= 0.6 is 0 Å². The lowest BCUT2D eigenvalue weighted by Gasteiger charge is -2.24. The molecule has 0 aliphatic rings. The monoisotopic (exact) mass is 262 g/mol. The van der Waals surface area contributed by atoms with Gasteiger partial charge in [-0.05, 0) is 37.8 Å². The van der Waals surface area contributed by atoms with Crippen molar-refractivity contribution in [1.29, 1.82) is 0 Å². The van der Waals surface area contributed by atoms with E-state index in [9.17, 15) is 5.11 Å². The van der Waals surface area contributed by atoms with Gasteiger partial charge in [0.1, 0.15) is 5.52 Å². The summed E-state index contributed by atoms with van der Waals surface area (Å²) in [6.45, 7) is 6.59. The lowest BCUT2D eigenvalue weighted by atomic mass is 9.95. The summed E-state index contributed by atoms with van der Waals surface area (Å²) in [5.74, 6) is 0.593. The van der Waals surface area contributed by atoms with Crippen LogP contribution in [0.3, 0.4) is 0 Å². The van der Waals surface area contributed by atoms with Crippen molar-refractivity contribution in [3.63, 3.8) is 0 Å². The van der Waals surface area contributed by atoms with E-state index >= 15 is 0 Å². The van der Waals surface area contributed by atoms with Crippen molar-refractivity contribution in [1.82, 2.24) is 4.98 Å². The Labute approximate surface area is 113 Å². The Hall–Kier alpha value is -1.55. The molecule has 0 saturated heterocycles. The fraction of sp³-hybridized carbons (Fsp3) is 0.533. The minimum Gasteiger partial charge on any atom is -0.424 e. The molecule has 4 heteroatoms. The third-order valence-corrected chi connectivity index (χ3v) is 3.17. The van der Waals surface area contributed by atoms with Crippen LogP contribution in [0.4, 0.5) is 6.01 Å². The second-order valence-electron chi connectivity index (χ2n) is 5.77. The van der Waals surface area contributed by atoms with E-state index in [-0.39, 0.29) is 0 Å². The first-order chi connectivity index (χ1) is 8.96. The van der Waals surface area contributed by atoms with Gasteiger partial charge >= 0.3 is 0 Å². The summed E-state index contributed by atoms with van der Waals surface area (Å²) in [4.78, 5) is 4.32. The molecule has 1 heterocycles. The van der Waals surface area contributed by atoms with E-state index in [2.05, 4.69) is 24.1 Å². The van der Waals surface area contributed by atoms with Crippen molar-refractivity contribution in [3.05, 3.63) is 24.3 Å². The van der Waals surface area contributed by atoms with Gasteiger partial charge in [0.25, 0.3) is 6.01 Å². The Bertz CT molecular complexity index is 499. The molecule has 0 saturated carbocycles. The topological polar surface area (TPSA) is 58.3 Å². The van der Waals surface area contributed by atoms with Gasteiger partial charge in [-0.25, -0.2) is 0 Å². The predicted octanol–water partition coefficient (Wildman–Crippen LogP) is 3.43. The molecule has 0 amide bonds. The van der Waals surface area contributed by atoms with Crippen LogP contribution in [0.2, 0.25) is 0 Å². The number of nitrogens with zero attached hydrogens (tertiary/aromatic N) is 1. The number of hydrogen-bond acceptors (Lipinski definition) is 4. The summed E-state index contributed by atoms with van der Waals surface area (Å²) in [5.41, 5.74) is 0.837. The largest absolute Gasteiger partial charge is 0.424 e. The number of anilines is 1. The molecule has 1 unspecified atom stereocenters. The van der Waals surface area contributed by atoms with Gasteiger partial charge in [0.05, 0.1) is 5.60 Å². The first kappa shape index (κ1) is 13.9. The van der Waals surface area contributed by atoms with Crippen LogP contribution in [-0.2, 0) is 0 Å². The number of fused-ring (bicyclic) bond motifs is 1. The highest BCUT2D eigenvalue weighted by Gasteiger charge is 2.21. The van der Waals surface area contributed by atoms with Gasteiger partial charge in [0.15, 0.2) is 5.58 Å². The van der Waals surface area contributed by atoms with Crippen molar-refractivity contribution in [3.8, 4) is 0 Å². The lowest BCUT2D eigenvalue weighted by molar-refractivity contribution is 0.0581. The first-order valence-corrected chi connectivity index (χ1v) is 6.78. The second kappa shape index (κ2) is 5.61. The van der Waals surface area contributed by atoms with Gasteiger partial charge < -0.3 is 14.8 Å². The molecule has 4 nitrogen and oxygen atoms in total. The maximum atomic E-state index is 10.3. The molecule has 1 atom stereocenters. The van der Waals surface area contributed by atoms with Crippen LogP contribution in [0.15, 0.2) is 28.7 Å². The molecular weight excluding hydrogens is 240 g/mol. The van der Waals surface area contributed by atoms with E-state index in [1.54, 1.807) is 0 Å². The zero-order valence-corrected chi connectivity index (χ0v) is 11.8. The van der Waals surface area contributed by atoms with Gasteiger partial charge in [-0.1, -0.05) is 26.0 Å². The van der Waals surface area contributed by atoms with E-state index in [1.165, 1.54) is 0 Å². The maximum Gasteiger partial charge on any atom is 0.295 e. The van der Waals surface area contributed by atoms with Crippen molar-refractivity contribution in [2.24, 2.45) is 5.92 Å². The SMILES string of the molecule is CC(C)CCC(C)(O)CNc1nc2ccccc2o1. The number of para-hydroxylation sites is 2. The Morgan fingerprint density at radius 2 is 2.11 bits per heavy atom. The fourth-order valence-electron chi connectivity index (χ4n) is 1.90. The van der Waals surface area contributed by atoms with Gasteiger partial charge in [-0.2, -0.15) is 4.98 Å². The number of oxazole rings is 1. The number of rotatable bonds is 6. The molecule has 19 heavy (non-hydrogen) atoms. The van der Waals surface area contributed by atoms with Crippen LogP contribution in [0.5, 0.6) is 0 Å². The van der Waals surface area contributed by atoms with Gasteiger partial charge in [-0.15, -0.1) is 0 Å². The minimum absolute atomic E-state index is 0.437. The Morgan fingerprint density at radius 1 is 1.37 bits per heavy atom. The Morgan fingerprint density at radius 3 is 2.79 bits per heavy atom. The molecule has 0 aliphatic carbocycles. The predicted molar refractivity (Wildman–Crippen MR) is 77.2 cm³/mol. The fourth-order valence-corrected chi connectivity index (χ4v) is 1.90. The molecule has 2 N–H and O–H groups in total. The van der Waals surface area contributed by atoms with Crippen LogP contribution in [-0.4, -0.2) is 22.2 Å². The van der Waals surface area contributed by atoms with Gasteiger partial charge in [0, 0.05) is 6.54 Å². The van der Waals surface area contributed by atoms with Crippen LogP contribution < -0.4 is 5.32 Å². The van der Waals surface area contributed by atoms with Crippen molar-refractivity contribution in [2.45, 2.75) is 39.2 Å². The van der Waals surface area contributed by atoms with E-state index < -0.39 is 5.60 Å². The summed E-state index contributed by atoms with van der Waals surface area (Å²) >= 11 is 0. The summed E-state index contributed by atoms with van der Waals surface area (Å²) in [6, 6.07) is 8.08. The number of nitrogens with one attached hydrogen (secondary N) is 1. The quantitative estimate of drug-likeness (QED) is 0.837. The third kappa shape index (κ3) is 3.96. The Balaban J connectivity index is 1.94. The van der Waals surface area contributed by atoms with Crippen LogP contribution in [0, 0.1) is 5.92 Å². The van der Waals surface area contributed by atoms with Crippen molar-refractivity contribution < 1.29 is 9.52 Å². The molecular formula is C15H22N2O2.